The maximum absolute atomic E-state index is 11.9. The van der Waals surface area contributed by atoms with Gasteiger partial charge in [-0.2, -0.15) is 0 Å². The number of guanidine groups is 1. The van der Waals surface area contributed by atoms with E-state index in [1.54, 1.807) is 18.4 Å². The molecule has 0 spiro atoms. The predicted molar refractivity (Wildman–Crippen MR) is 92.7 cm³/mol. The van der Waals surface area contributed by atoms with Crippen molar-refractivity contribution in [1.29, 1.82) is 0 Å². The van der Waals surface area contributed by atoms with Crippen LogP contribution in [0.15, 0.2) is 11.2 Å². The van der Waals surface area contributed by atoms with Gasteiger partial charge in [-0.15, -0.1) is 11.3 Å². The van der Waals surface area contributed by atoms with Gasteiger partial charge < -0.3 is 10.6 Å². The van der Waals surface area contributed by atoms with Gasteiger partial charge in [0.1, 0.15) is 0 Å². The molecule has 1 atom stereocenters. The van der Waals surface area contributed by atoms with Crippen LogP contribution in [-0.4, -0.2) is 45.8 Å². The third kappa shape index (κ3) is 7.04. The highest BCUT2D eigenvalue weighted by atomic mass is 32.2. The highest BCUT2D eigenvalue weighted by Gasteiger charge is 2.18. The molecule has 0 aliphatic rings. The van der Waals surface area contributed by atoms with Crippen molar-refractivity contribution < 1.29 is 4.21 Å². The molecule has 0 aliphatic heterocycles. The van der Waals surface area contributed by atoms with Gasteiger partial charge in [0.25, 0.3) is 0 Å². The minimum atomic E-state index is -0.842. The Balaban J connectivity index is 2.25. The van der Waals surface area contributed by atoms with E-state index in [0.717, 1.165) is 23.9 Å². The zero-order valence-electron chi connectivity index (χ0n) is 13.5. The first-order chi connectivity index (χ1) is 9.82. The number of nitrogens with zero attached hydrogens (tertiary/aromatic N) is 2. The van der Waals surface area contributed by atoms with Gasteiger partial charge in [0.2, 0.25) is 0 Å². The zero-order valence-corrected chi connectivity index (χ0v) is 15.2. The van der Waals surface area contributed by atoms with Crippen LogP contribution in [0.2, 0.25) is 0 Å². The van der Waals surface area contributed by atoms with Crippen LogP contribution in [0.4, 0.5) is 0 Å². The summed E-state index contributed by atoms with van der Waals surface area (Å²) in [6.45, 7) is 9.48. The van der Waals surface area contributed by atoms with Crippen LogP contribution < -0.4 is 10.6 Å². The molecule has 1 aromatic rings. The molecule has 0 saturated carbocycles. The summed E-state index contributed by atoms with van der Waals surface area (Å²) in [4.78, 5) is 9.72. The first kappa shape index (κ1) is 18.1. The standard InChI is InChI=1S/C14H26N4OS2/c1-11-10-18-12(20-11)6-7-16-13(15-5)17-8-9-21(19)14(2,3)4/h10H,6-9H2,1-5H3,(H2,15,16,17). The quantitative estimate of drug-likeness (QED) is 0.615. The van der Waals surface area contributed by atoms with Gasteiger partial charge in [-0.1, -0.05) is 0 Å². The largest absolute Gasteiger partial charge is 0.356 e. The Morgan fingerprint density at radius 1 is 1.38 bits per heavy atom. The topological polar surface area (TPSA) is 66.4 Å². The summed E-state index contributed by atoms with van der Waals surface area (Å²) in [5, 5.41) is 7.57. The van der Waals surface area contributed by atoms with E-state index in [1.165, 1.54) is 4.88 Å². The molecular weight excluding hydrogens is 304 g/mol. The summed E-state index contributed by atoms with van der Waals surface area (Å²) in [6, 6.07) is 0. The van der Waals surface area contributed by atoms with E-state index in [2.05, 4.69) is 27.5 Å². The van der Waals surface area contributed by atoms with Crippen LogP contribution >= 0.6 is 11.3 Å². The molecule has 1 rings (SSSR count). The molecule has 120 valence electrons. The second-order valence-electron chi connectivity index (χ2n) is 5.70. The average molecular weight is 331 g/mol. The number of thiazole rings is 1. The van der Waals surface area contributed by atoms with Crippen molar-refractivity contribution in [2.75, 3.05) is 25.9 Å². The van der Waals surface area contributed by atoms with Crippen molar-refractivity contribution >= 4 is 28.1 Å². The molecule has 0 fully saturated rings. The van der Waals surface area contributed by atoms with Crippen LogP contribution in [-0.2, 0) is 17.2 Å². The summed E-state index contributed by atoms with van der Waals surface area (Å²) >= 11 is 1.72. The number of aromatic nitrogens is 1. The number of aryl methyl sites for hydroxylation is 1. The molecule has 1 heterocycles. The maximum Gasteiger partial charge on any atom is 0.191 e. The fourth-order valence-corrected chi connectivity index (χ4v) is 3.28. The predicted octanol–water partition coefficient (Wildman–Crippen LogP) is 1.71. The number of hydrogen-bond donors (Lipinski definition) is 2. The second kappa shape index (κ2) is 8.48. The Hall–Kier alpha value is -0.950. The molecule has 0 aromatic carbocycles. The van der Waals surface area contributed by atoms with Crippen LogP contribution in [0.1, 0.15) is 30.7 Å². The summed E-state index contributed by atoms with van der Waals surface area (Å²) in [7, 11) is 0.898. The monoisotopic (exact) mass is 330 g/mol. The molecule has 5 nitrogen and oxygen atoms in total. The molecule has 2 N–H and O–H groups in total. The maximum atomic E-state index is 11.9. The van der Waals surface area contributed by atoms with Crippen molar-refractivity contribution in [3.05, 3.63) is 16.1 Å². The molecule has 7 heteroatoms. The third-order valence-corrected chi connectivity index (χ3v) is 5.70. The van der Waals surface area contributed by atoms with Crippen LogP contribution in [0.25, 0.3) is 0 Å². The third-order valence-electron chi connectivity index (χ3n) is 2.79. The zero-order chi connectivity index (χ0) is 15.9. The van der Waals surface area contributed by atoms with Gasteiger partial charge in [-0.25, -0.2) is 4.98 Å². The minimum absolute atomic E-state index is 0.165. The molecule has 1 unspecified atom stereocenters. The molecular formula is C14H26N4OS2. The van der Waals surface area contributed by atoms with Gasteiger partial charge in [0, 0.05) is 58.9 Å². The Labute approximate surface area is 134 Å². The lowest BCUT2D eigenvalue weighted by Crippen LogP contribution is -2.41. The lowest BCUT2D eigenvalue weighted by molar-refractivity contribution is 0.647. The van der Waals surface area contributed by atoms with E-state index in [9.17, 15) is 4.21 Å². The van der Waals surface area contributed by atoms with E-state index in [1.807, 2.05) is 27.0 Å². The van der Waals surface area contributed by atoms with Gasteiger partial charge in [-0.05, 0) is 27.7 Å². The Morgan fingerprint density at radius 2 is 2.05 bits per heavy atom. The lowest BCUT2D eigenvalue weighted by atomic mass is 10.3. The van der Waals surface area contributed by atoms with Gasteiger partial charge in [0.05, 0.1) is 5.01 Å². The van der Waals surface area contributed by atoms with Gasteiger partial charge in [-0.3, -0.25) is 9.20 Å². The summed E-state index contributed by atoms with van der Waals surface area (Å²) in [5.74, 6) is 1.37. The molecule has 0 radical (unpaired) electrons. The van der Waals surface area contributed by atoms with Crippen LogP contribution in [0, 0.1) is 6.92 Å². The summed E-state index contributed by atoms with van der Waals surface area (Å²) in [6.07, 6.45) is 2.78. The van der Waals surface area contributed by atoms with Crippen molar-refractivity contribution in [2.45, 2.75) is 38.9 Å². The van der Waals surface area contributed by atoms with Crippen molar-refractivity contribution in [1.82, 2.24) is 15.6 Å². The number of hydrogen-bond acceptors (Lipinski definition) is 4. The van der Waals surface area contributed by atoms with Gasteiger partial charge >= 0.3 is 0 Å². The SMILES string of the molecule is CN=C(NCCc1ncc(C)s1)NCCS(=O)C(C)(C)C. The van der Waals surface area contributed by atoms with E-state index in [-0.39, 0.29) is 4.75 Å². The number of rotatable bonds is 6. The second-order valence-corrected chi connectivity index (χ2v) is 9.35. The Kier molecular flexibility index (Phi) is 7.31. The van der Waals surface area contributed by atoms with E-state index in [0.29, 0.717) is 12.3 Å². The molecule has 1 aromatic heterocycles. The molecule has 0 aliphatic carbocycles. The molecule has 0 saturated heterocycles. The first-order valence-electron chi connectivity index (χ1n) is 7.07. The molecule has 0 amide bonds. The minimum Gasteiger partial charge on any atom is -0.356 e. The van der Waals surface area contributed by atoms with Crippen molar-refractivity contribution in [3.63, 3.8) is 0 Å². The smallest absolute Gasteiger partial charge is 0.191 e. The lowest BCUT2D eigenvalue weighted by Gasteiger charge is -2.18. The first-order valence-corrected chi connectivity index (χ1v) is 9.21. The molecule has 21 heavy (non-hydrogen) atoms. The average Bonchev–Trinajstić information content (AvgIpc) is 2.81. The number of nitrogens with one attached hydrogen (secondary N) is 2. The summed E-state index contributed by atoms with van der Waals surface area (Å²) < 4.78 is 11.8. The number of aliphatic imine (C=N–C) groups is 1. The van der Waals surface area contributed by atoms with Crippen molar-refractivity contribution in [3.8, 4) is 0 Å². The van der Waals surface area contributed by atoms with E-state index < -0.39 is 10.8 Å². The Bertz CT molecular complexity index is 491. The van der Waals surface area contributed by atoms with E-state index in [4.69, 9.17) is 0 Å². The van der Waals surface area contributed by atoms with Gasteiger partial charge in [0.15, 0.2) is 5.96 Å². The van der Waals surface area contributed by atoms with Crippen molar-refractivity contribution in [2.24, 2.45) is 4.99 Å². The van der Waals surface area contributed by atoms with Crippen LogP contribution in [0.5, 0.6) is 0 Å². The molecule has 0 bridgehead atoms. The fourth-order valence-electron chi connectivity index (χ4n) is 1.59. The fraction of sp³-hybridized carbons (Fsp3) is 0.714. The normalized spacial score (nSPS) is 14.0. The highest BCUT2D eigenvalue weighted by molar-refractivity contribution is 7.86. The van der Waals surface area contributed by atoms with E-state index >= 15 is 0 Å². The summed E-state index contributed by atoms with van der Waals surface area (Å²) in [5.41, 5.74) is 0. The Morgan fingerprint density at radius 3 is 2.57 bits per heavy atom. The van der Waals surface area contributed by atoms with Crippen LogP contribution in [0.3, 0.4) is 0 Å². The highest BCUT2D eigenvalue weighted by Crippen LogP contribution is 2.11.